The molecule has 6 heteroatoms. The molecule has 3 unspecified atom stereocenters. The number of carbonyl (C=O) groups is 1. The largest absolute Gasteiger partial charge is 0.337 e. The van der Waals surface area contributed by atoms with Crippen LogP contribution >= 0.6 is 7.60 Å². The van der Waals surface area contributed by atoms with Crippen LogP contribution in [0.2, 0.25) is 0 Å². The average Bonchev–Trinajstić information content (AvgIpc) is 2.86. The first-order valence-electron chi connectivity index (χ1n) is 8.48. The molecule has 1 amide bonds. The van der Waals surface area contributed by atoms with Gasteiger partial charge in [-0.2, -0.15) is 0 Å². The van der Waals surface area contributed by atoms with E-state index in [1.54, 1.807) is 0 Å². The van der Waals surface area contributed by atoms with Crippen LogP contribution in [0.4, 0.5) is 0 Å². The van der Waals surface area contributed by atoms with Crippen LogP contribution in [0.15, 0.2) is 0 Å². The molecule has 0 bridgehead atoms. The fraction of sp³-hybridized carbons (Fsp3) is 0.938. The molecule has 0 aliphatic carbocycles. The Morgan fingerprint density at radius 1 is 1.27 bits per heavy atom. The lowest BCUT2D eigenvalue weighted by molar-refractivity contribution is -0.135. The Labute approximate surface area is 135 Å². The number of carbonyl (C=O) groups excluding carboxylic acids is 1. The molecular weight excluding hydrogens is 301 g/mol. The van der Waals surface area contributed by atoms with Crippen molar-refractivity contribution in [2.24, 2.45) is 5.92 Å². The number of hydrogen-bond acceptors (Lipinski definition) is 4. The van der Waals surface area contributed by atoms with Crippen molar-refractivity contribution < 1.29 is 18.4 Å². The zero-order valence-corrected chi connectivity index (χ0v) is 15.8. The van der Waals surface area contributed by atoms with Crippen LogP contribution < -0.4 is 0 Å². The van der Waals surface area contributed by atoms with Gasteiger partial charge in [-0.3, -0.25) is 9.36 Å². The molecule has 0 radical (unpaired) electrons. The van der Waals surface area contributed by atoms with Crippen LogP contribution in [0.1, 0.15) is 60.8 Å². The molecule has 1 heterocycles. The van der Waals surface area contributed by atoms with Crippen LogP contribution in [0.25, 0.3) is 0 Å². The third-order valence-corrected chi connectivity index (χ3v) is 6.43. The zero-order chi connectivity index (χ0) is 16.9. The molecule has 0 spiro atoms. The zero-order valence-electron chi connectivity index (χ0n) is 14.9. The van der Waals surface area contributed by atoms with E-state index in [1.807, 2.05) is 39.5 Å². The maximum absolute atomic E-state index is 12.9. The van der Waals surface area contributed by atoms with Crippen LogP contribution in [-0.4, -0.2) is 41.8 Å². The van der Waals surface area contributed by atoms with Crippen LogP contribution in [0, 0.1) is 5.92 Å². The fourth-order valence-electron chi connectivity index (χ4n) is 2.67. The third kappa shape index (κ3) is 4.81. The monoisotopic (exact) mass is 333 g/mol. The van der Waals surface area contributed by atoms with Gasteiger partial charge in [0.2, 0.25) is 5.91 Å². The first kappa shape index (κ1) is 19.7. The van der Waals surface area contributed by atoms with Gasteiger partial charge in [0, 0.05) is 18.5 Å². The summed E-state index contributed by atoms with van der Waals surface area (Å²) in [5.74, 6) is 0.118. The molecule has 1 fully saturated rings. The van der Waals surface area contributed by atoms with Gasteiger partial charge in [0.05, 0.1) is 18.4 Å². The average molecular weight is 333 g/mol. The molecule has 1 aliphatic heterocycles. The van der Waals surface area contributed by atoms with E-state index < -0.39 is 7.60 Å². The number of rotatable bonds is 8. The topological polar surface area (TPSA) is 55.8 Å². The van der Waals surface area contributed by atoms with Crippen molar-refractivity contribution in [2.45, 2.75) is 78.6 Å². The summed E-state index contributed by atoms with van der Waals surface area (Å²) in [5.41, 5.74) is -0.172. The quantitative estimate of drug-likeness (QED) is 0.628. The van der Waals surface area contributed by atoms with Crippen LogP contribution in [0.3, 0.4) is 0 Å². The van der Waals surface area contributed by atoms with E-state index >= 15 is 0 Å². The van der Waals surface area contributed by atoms with Crippen molar-refractivity contribution in [2.75, 3.05) is 13.2 Å². The number of nitrogens with zero attached hydrogens (tertiary/aromatic N) is 1. The molecule has 3 atom stereocenters. The summed E-state index contributed by atoms with van der Waals surface area (Å²) in [5, 5.41) is 0. The first-order chi connectivity index (χ1) is 10.2. The molecule has 0 aromatic heterocycles. The molecule has 0 aromatic rings. The maximum Gasteiger partial charge on any atom is 0.333 e. The van der Waals surface area contributed by atoms with E-state index in [0.717, 1.165) is 19.3 Å². The van der Waals surface area contributed by atoms with E-state index in [0.29, 0.717) is 13.2 Å². The van der Waals surface area contributed by atoms with Gasteiger partial charge in [0.1, 0.15) is 0 Å². The van der Waals surface area contributed by atoms with Crippen molar-refractivity contribution in [1.29, 1.82) is 0 Å². The fourth-order valence-corrected chi connectivity index (χ4v) is 4.27. The highest BCUT2D eigenvalue weighted by Gasteiger charge is 2.40. The van der Waals surface area contributed by atoms with E-state index in [-0.39, 0.29) is 29.6 Å². The highest BCUT2D eigenvalue weighted by atomic mass is 31.2. The molecule has 1 saturated heterocycles. The summed E-state index contributed by atoms with van der Waals surface area (Å²) in [6, 6.07) is 0.173. The van der Waals surface area contributed by atoms with Gasteiger partial charge < -0.3 is 13.9 Å². The molecule has 1 aliphatic rings. The summed E-state index contributed by atoms with van der Waals surface area (Å²) < 4.78 is 24.3. The normalized spacial score (nSPS) is 25.0. The standard InChI is InChI=1S/C16H32NO4P/c1-7-9-20-22(19,13(5)6)21-15-10-14(8-2)17(11-15)16(18)12(3)4/h12-15H,7-11H2,1-6H3. The number of likely N-dealkylation sites (tertiary alicyclic amines) is 1. The smallest absolute Gasteiger partial charge is 0.333 e. The number of amides is 1. The Balaban J connectivity index is 2.77. The molecule has 1 rings (SSSR count). The Kier molecular flexibility index (Phi) is 7.57. The minimum atomic E-state index is -3.11. The van der Waals surface area contributed by atoms with Gasteiger partial charge in [0.15, 0.2) is 0 Å². The number of hydrogen-bond donors (Lipinski definition) is 0. The Morgan fingerprint density at radius 3 is 2.36 bits per heavy atom. The SMILES string of the molecule is CCCOP(=O)(OC1CC(CC)N(C(=O)C(C)C)C1)C(C)C. The lowest BCUT2D eigenvalue weighted by atomic mass is 10.1. The molecule has 5 nitrogen and oxygen atoms in total. The second kappa shape index (κ2) is 8.47. The van der Waals surface area contributed by atoms with Crippen molar-refractivity contribution in [3.05, 3.63) is 0 Å². The van der Waals surface area contributed by atoms with Crippen molar-refractivity contribution in [3.63, 3.8) is 0 Å². The molecule has 0 aromatic carbocycles. The van der Waals surface area contributed by atoms with Crippen LogP contribution in [-0.2, 0) is 18.4 Å². The Bertz CT molecular complexity index is 411. The van der Waals surface area contributed by atoms with E-state index in [2.05, 4.69) is 6.92 Å². The summed E-state index contributed by atoms with van der Waals surface area (Å²) in [4.78, 5) is 14.2. The highest BCUT2D eigenvalue weighted by molar-refractivity contribution is 7.54. The highest BCUT2D eigenvalue weighted by Crippen LogP contribution is 2.55. The molecule has 22 heavy (non-hydrogen) atoms. The summed E-state index contributed by atoms with van der Waals surface area (Å²) >= 11 is 0. The molecule has 0 N–H and O–H groups in total. The van der Waals surface area contributed by atoms with Gasteiger partial charge in [-0.05, 0) is 19.3 Å². The van der Waals surface area contributed by atoms with Gasteiger partial charge in [0.25, 0.3) is 0 Å². The van der Waals surface area contributed by atoms with Gasteiger partial charge >= 0.3 is 7.60 Å². The lowest BCUT2D eigenvalue weighted by Gasteiger charge is -2.26. The summed E-state index contributed by atoms with van der Waals surface area (Å²) in [6.07, 6.45) is 2.24. The Morgan fingerprint density at radius 2 is 1.91 bits per heavy atom. The van der Waals surface area contributed by atoms with Crippen LogP contribution in [0.5, 0.6) is 0 Å². The van der Waals surface area contributed by atoms with Gasteiger partial charge in [-0.1, -0.05) is 41.5 Å². The second-order valence-electron chi connectivity index (χ2n) is 6.64. The van der Waals surface area contributed by atoms with E-state index in [1.165, 1.54) is 0 Å². The molecule has 0 saturated carbocycles. The van der Waals surface area contributed by atoms with E-state index in [9.17, 15) is 9.36 Å². The molecule has 130 valence electrons. The summed E-state index contributed by atoms with van der Waals surface area (Å²) in [6.45, 7) is 12.5. The summed E-state index contributed by atoms with van der Waals surface area (Å²) in [7, 11) is -3.11. The van der Waals surface area contributed by atoms with Gasteiger partial charge in [-0.25, -0.2) is 0 Å². The van der Waals surface area contributed by atoms with Gasteiger partial charge in [-0.15, -0.1) is 0 Å². The van der Waals surface area contributed by atoms with E-state index in [4.69, 9.17) is 9.05 Å². The predicted octanol–water partition coefficient (Wildman–Crippen LogP) is 4.07. The van der Waals surface area contributed by atoms with Crippen molar-refractivity contribution in [1.82, 2.24) is 4.90 Å². The third-order valence-electron chi connectivity index (χ3n) is 4.03. The molecular formula is C16H32NO4P. The minimum absolute atomic E-state index is 0.0268. The maximum atomic E-state index is 12.9. The predicted molar refractivity (Wildman–Crippen MR) is 89.1 cm³/mol. The van der Waals surface area contributed by atoms with Crippen molar-refractivity contribution >= 4 is 13.5 Å². The van der Waals surface area contributed by atoms with Crippen molar-refractivity contribution in [3.8, 4) is 0 Å². The second-order valence-corrected chi connectivity index (χ2v) is 9.22. The lowest BCUT2D eigenvalue weighted by Crippen LogP contribution is -2.38. The first-order valence-corrected chi connectivity index (χ1v) is 10.1. The minimum Gasteiger partial charge on any atom is -0.337 e. The Hall–Kier alpha value is -0.380.